The summed E-state index contributed by atoms with van der Waals surface area (Å²) in [5, 5.41) is 9.78. The maximum Gasteiger partial charge on any atom is 0.272 e. The molecule has 0 radical (unpaired) electrons. The molecule has 14 heavy (non-hydrogen) atoms. The molecular formula is C9H15N4S+. The molecule has 4 nitrogen and oxygen atoms in total. The molecule has 1 aromatic heterocycles. The van der Waals surface area contributed by atoms with Gasteiger partial charge in [0.15, 0.2) is 5.11 Å². The minimum Gasteiger partial charge on any atom is -0.366 e. The van der Waals surface area contributed by atoms with Crippen LogP contribution in [0.25, 0.3) is 0 Å². The summed E-state index contributed by atoms with van der Waals surface area (Å²) < 4.78 is 0. The second-order valence-electron chi connectivity index (χ2n) is 2.71. The fraction of sp³-hybridized carbons (Fsp3) is 0.333. The van der Waals surface area contributed by atoms with E-state index in [1.807, 2.05) is 24.4 Å². The molecule has 1 heterocycles. The summed E-state index contributed by atoms with van der Waals surface area (Å²) in [5.74, 6) is 1.00. The van der Waals surface area contributed by atoms with Gasteiger partial charge in [0.05, 0.1) is 12.7 Å². The molecule has 1 rings (SSSR count). The summed E-state index contributed by atoms with van der Waals surface area (Å²) in [5.41, 5.74) is 0. The van der Waals surface area contributed by atoms with Gasteiger partial charge in [-0.15, -0.1) is 0 Å². The van der Waals surface area contributed by atoms with Crippen LogP contribution in [0, 0.1) is 0 Å². The van der Waals surface area contributed by atoms with Gasteiger partial charge in [-0.3, -0.25) is 5.32 Å². The number of H-pyrrole nitrogens is 1. The Hall–Kier alpha value is -1.36. The second-order valence-corrected chi connectivity index (χ2v) is 3.12. The van der Waals surface area contributed by atoms with Gasteiger partial charge in [-0.2, -0.15) is 0 Å². The van der Waals surface area contributed by atoms with E-state index in [1.54, 1.807) is 7.05 Å². The number of hydrogen-bond donors (Lipinski definition) is 3. The molecule has 0 aliphatic rings. The molecular weight excluding hydrogens is 196 g/mol. The highest BCUT2D eigenvalue weighted by molar-refractivity contribution is 7.80. The quantitative estimate of drug-likeness (QED) is 0.485. The first-order valence-corrected chi connectivity index (χ1v) is 4.90. The third-order valence-electron chi connectivity index (χ3n) is 1.66. The lowest BCUT2D eigenvalue weighted by atomic mass is 10.4. The molecule has 0 fully saturated rings. The zero-order valence-electron chi connectivity index (χ0n) is 8.13. The van der Waals surface area contributed by atoms with Crippen molar-refractivity contribution < 1.29 is 4.98 Å². The highest BCUT2D eigenvalue weighted by Crippen LogP contribution is 1.92. The fourth-order valence-corrected chi connectivity index (χ4v) is 1.07. The molecule has 0 saturated carbocycles. The van der Waals surface area contributed by atoms with Crippen molar-refractivity contribution >= 4 is 23.1 Å². The van der Waals surface area contributed by atoms with Gasteiger partial charge in [0.25, 0.3) is 5.82 Å². The van der Waals surface area contributed by atoms with Crippen LogP contribution >= 0.6 is 12.2 Å². The number of aromatic nitrogens is 1. The molecule has 0 aliphatic carbocycles. The van der Waals surface area contributed by atoms with Gasteiger partial charge in [0.2, 0.25) is 0 Å². The molecule has 0 unspecified atom stereocenters. The molecule has 0 atom stereocenters. The molecule has 76 valence electrons. The van der Waals surface area contributed by atoms with Crippen LogP contribution in [0.5, 0.6) is 0 Å². The third kappa shape index (κ3) is 4.04. The van der Waals surface area contributed by atoms with Crippen molar-refractivity contribution in [2.45, 2.75) is 0 Å². The van der Waals surface area contributed by atoms with Gasteiger partial charge in [-0.05, 0) is 18.3 Å². The van der Waals surface area contributed by atoms with Crippen molar-refractivity contribution in [3.63, 3.8) is 0 Å². The molecule has 5 heteroatoms. The predicted molar refractivity (Wildman–Crippen MR) is 61.1 cm³/mol. The van der Waals surface area contributed by atoms with E-state index in [2.05, 4.69) is 20.9 Å². The van der Waals surface area contributed by atoms with Crippen molar-refractivity contribution in [2.24, 2.45) is 0 Å². The zero-order chi connectivity index (χ0) is 10.2. The number of rotatable bonds is 4. The summed E-state index contributed by atoms with van der Waals surface area (Å²) in [7, 11) is 1.80. The Morgan fingerprint density at radius 3 is 2.93 bits per heavy atom. The third-order valence-corrected chi connectivity index (χ3v) is 2.01. The van der Waals surface area contributed by atoms with Gasteiger partial charge in [-0.25, -0.2) is 4.98 Å². The lowest BCUT2D eigenvalue weighted by Crippen LogP contribution is -2.35. The Kier molecular flexibility index (Phi) is 4.71. The zero-order valence-corrected chi connectivity index (χ0v) is 8.95. The molecule has 0 aliphatic heterocycles. The summed E-state index contributed by atoms with van der Waals surface area (Å²) in [4.78, 5) is 3.08. The topological polar surface area (TPSA) is 50.2 Å². The van der Waals surface area contributed by atoms with Crippen molar-refractivity contribution in [1.29, 1.82) is 0 Å². The van der Waals surface area contributed by atoms with E-state index >= 15 is 0 Å². The maximum atomic E-state index is 4.93. The van der Waals surface area contributed by atoms with Gasteiger partial charge in [0, 0.05) is 13.1 Å². The second kappa shape index (κ2) is 6.15. The Morgan fingerprint density at radius 2 is 2.29 bits per heavy atom. The lowest BCUT2D eigenvalue weighted by molar-refractivity contribution is -0.361. The number of anilines is 1. The van der Waals surface area contributed by atoms with Crippen molar-refractivity contribution in [2.75, 3.05) is 25.5 Å². The monoisotopic (exact) mass is 211 g/mol. The van der Waals surface area contributed by atoms with E-state index in [0.717, 1.165) is 18.9 Å². The predicted octanol–water partition coefficient (Wildman–Crippen LogP) is 0.00650. The van der Waals surface area contributed by atoms with Crippen molar-refractivity contribution in [3.05, 3.63) is 24.4 Å². The summed E-state index contributed by atoms with van der Waals surface area (Å²) in [6, 6.07) is 5.90. The maximum absolute atomic E-state index is 4.93. The van der Waals surface area contributed by atoms with Gasteiger partial charge in [-0.1, -0.05) is 6.07 Å². The highest BCUT2D eigenvalue weighted by atomic mass is 32.1. The Morgan fingerprint density at radius 1 is 1.43 bits per heavy atom. The Labute approximate surface area is 89.1 Å². The first-order chi connectivity index (χ1) is 6.83. The van der Waals surface area contributed by atoms with Crippen LogP contribution < -0.4 is 20.9 Å². The summed E-state index contributed by atoms with van der Waals surface area (Å²) >= 11 is 4.93. The van der Waals surface area contributed by atoms with Crippen LogP contribution in [-0.2, 0) is 0 Å². The van der Waals surface area contributed by atoms with Crippen LogP contribution in [0.2, 0.25) is 0 Å². The summed E-state index contributed by atoms with van der Waals surface area (Å²) in [6.45, 7) is 1.62. The Balaban J connectivity index is 2.13. The number of pyridine rings is 1. The SMILES string of the molecule is CNC(=S)NCCNc1cccc[nH+]1. The Bertz CT molecular complexity index is 275. The largest absolute Gasteiger partial charge is 0.366 e. The molecule has 1 aromatic rings. The summed E-state index contributed by atoms with van der Waals surface area (Å²) in [6.07, 6.45) is 1.88. The van der Waals surface area contributed by atoms with E-state index in [4.69, 9.17) is 12.2 Å². The van der Waals surface area contributed by atoms with E-state index in [9.17, 15) is 0 Å². The molecule has 0 saturated heterocycles. The average molecular weight is 211 g/mol. The van der Waals surface area contributed by atoms with Crippen LogP contribution in [0.4, 0.5) is 5.82 Å². The first-order valence-electron chi connectivity index (χ1n) is 4.49. The van der Waals surface area contributed by atoms with Crippen LogP contribution in [0.15, 0.2) is 24.4 Å². The lowest BCUT2D eigenvalue weighted by Gasteiger charge is -2.04. The van der Waals surface area contributed by atoms with E-state index in [-0.39, 0.29) is 0 Å². The van der Waals surface area contributed by atoms with Crippen LogP contribution in [0.1, 0.15) is 0 Å². The molecule has 0 bridgehead atoms. The van der Waals surface area contributed by atoms with Crippen LogP contribution in [-0.4, -0.2) is 25.2 Å². The number of hydrogen-bond acceptors (Lipinski definition) is 2. The van der Waals surface area contributed by atoms with Gasteiger partial charge in [0.1, 0.15) is 6.54 Å². The van der Waals surface area contributed by atoms with Gasteiger partial charge < -0.3 is 10.6 Å². The minimum absolute atomic E-state index is 0.670. The number of nitrogens with one attached hydrogen (secondary N) is 4. The average Bonchev–Trinajstić information content (AvgIpc) is 2.25. The highest BCUT2D eigenvalue weighted by Gasteiger charge is 1.97. The number of aromatic amines is 1. The first kappa shape index (κ1) is 10.7. The standard InChI is InChI=1S/C9H14N4S/c1-10-9(14)13-7-6-12-8-4-2-3-5-11-8/h2-5H,6-7H2,1H3,(H,11,12)(H2,10,13,14)/p+1. The minimum atomic E-state index is 0.670. The van der Waals surface area contributed by atoms with E-state index in [0.29, 0.717) is 5.11 Å². The van der Waals surface area contributed by atoms with Crippen molar-refractivity contribution in [3.8, 4) is 0 Å². The smallest absolute Gasteiger partial charge is 0.272 e. The molecule has 0 aromatic carbocycles. The number of thiocarbonyl (C=S) groups is 1. The molecule has 0 spiro atoms. The van der Waals surface area contributed by atoms with E-state index < -0.39 is 0 Å². The van der Waals surface area contributed by atoms with Crippen LogP contribution in [0.3, 0.4) is 0 Å². The van der Waals surface area contributed by atoms with Gasteiger partial charge >= 0.3 is 0 Å². The van der Waals surface area contributed by atoms with E-state index in [1.165, 1.54) is 0 Å². The normalized spacial score (nSPS) is 9.21. The fourth-order valence-electron chi connectivity index (χ4n) is 0.965. The van der Waals surface area contributed by atoms with Crippen molar-refractivity contribution in [1.82, 2.24) is 10.6 Å². The molecule has 0 amide bonds. The molecule has 4 N–H and O–H groups in total.